The highest BCUT2D eigenvalue weighted by atomic mass is 19.2. The van der Waals surface area contributed by atoms with Crippen LogP contribution >= 0.6 is 0 Å². The van der Waals surface area contributed by atoms with E-state index in [0.29, 0.717) is 0 Å². The zero-order valence-electron chi connectivity index (χ0n) is 9.91. The Bertz CT molecular complexity index is 596. The van der Waals surface area contributed by atoms with E-state index in [2.05, 4.69) is 0 Å². The normalized spacial score (nSPS) is 38.6. The average molecular weight is 276 g/mol. The van der Waals surface area contributed by atoms with Gasteiger partial charge in [-0.2, -0.15) is 0 Å². The molecular weight excluding hydrogens is 263 g/mol. The van der Waals surface area contributed by atoms with Gasteiger partial charge in [-0.15, -0.1) is 0 Å². The van der Waals surface area contributed by atoms with Crippen LogP contribution < -0.4 is 11.2 Å². The summed E-state index contributed by atoms with van der Waals surface area (Å²) in [6.45, 7) is -0.143. The van der Waals surface area contributed by atoms with E-state index in [-0.39, 0.29) is 0 Å². The highest BCUT2D eigenvalue weighted by molar-refractivity contribution is 5.04. The first-order chi connectivity index (χ1) is 8.72. The monoisotopic (exact) mass is 276 g/mol. The lowest BCUT2D eigenvalue weighted by molar-refractivity contribution is -0.207. The van der Waals surface area contributed by atoms with Crippen molar-refractivity contribution in [1.82, 2.24) is 9.55 Å². The van der Waals surface area contributed by atoms with Crippen molar-refractivity contribution in [2.45, 2.75) is 30.7 Å². The van der Waals surface area contributed by atoms with Gasteiger partial charge in [0.1, 0.15) is 18.3 Å². The van der Waals surface area contributed by atoms with Crippen molar-refractivity contribution < 1.29 is 24.4 Å². The van der Waals surface area contributed by atoms with E-state index in [1.54, 1.807) is 0 Å². The van der Waals surface area contributed by atoms with Gasteiger partial charge < -0.3 is 20.1 Å². The third-order valence-corrected chi connectivity index (χ3v) is 3.09. The van der Waals surface area contributed by atoms with Gasteiger partial charge in [-0.3, -0.25) is 14.3 Å². The van der Waals surface area contributed by atoms with E-state index in [1.807, 2.05) is 4.98 Å². The van der Waals surface area contributed by atoms with Gasteiger partial charge in [0.05, 0.1) is 0 Å². The van der Waals surface area contributed by atoms with Crippen LogP contribution in [-0.4, -0.2) is 49.0 Å². The molecule has 1 unspecified atom stereocenters. The molecule has 4 N–H and O–H groups in total. The lowest BCUT2D eigenvalue weighted by atomic mass is 9.95. The maximum absolute atomic E-state index is 14.0. The maximum Gasteiger partial charge on any atom is 0.330 e. The van der Waals surface area contributed by atoms with Crippen LogP contribution in [-0.2, 0) is 4.74 Å². The number of rotatable bonds is 2. The van der Waals surface area contributed by atoms with Crippen LogP contribution in [0, 0.1) is 0 Å². The van der Waals surface area contributed by atoms with Gasteiger partial charge >= 0.3 is 5.69 Å². The first-order valence-corrected chi connectivity index (χ1v) is 5.42. The minimum absolute atomic E-state index is 0.673. The predicted octanol–water partition coefficient (Wildman–Crippen LogP) is -2.16. The smallest absolute Gasteiger partial charge is 0.330 e. The minimum Gasteiger partial charge on any atom is -0.390 e. The first-order valence-electron chi connectivity index (χ1n) is 5.42. The molecule has 0 saturated carbocycles. The summed E-state index contributed by atoms with van der Waals surface area (Å²) in [6, 6.07) is 0.977. The number of ether oxygens (including phenoxy) is 1. The van der Waals surface area contributed by atoms with Crippen molar-refractivity contribution in [3.63, 3.8) is 0 Å². The number of aliphatic hydroxyl groups excluding tert-OH is 2. The summed E-state index contributed by atoms with van der Waals surface area (Å²) in [7, 11) is 0. The number of nitrogens with zero attached hydrogens (tertiary/aromatic N) is 1. The van der Waals surface area contributed by atoms with Crippen LogP contribution in [0.2, 0.25) is 0 Å². The van der Waals surface area contributed by atoms with E-state index in [4.69, 9.17) is 9.84 Å². The molecule has 2 heterocycles. The summed E-state index contributed by atoms with van der Waals surface area (Å²) in [4.78, 5) is 24.4. The fourth-order valence-corrected chi connectivity index (χ4v) is 2.01. The standard InChI is InChI=1S/C10H13FN2O6/c1-9(18)6(16)10(11,4-14)19-7(9)13-3-2-5(15)12-8(13)17/h2-3,6-7,14,16,18H,4H2,1H3,(H,12,15,17)/t6?,7-,9-,10-/m1/s1. The quantitative estimate of drug-likeness (QED) is 0.487. The Labute approximate surface area is 105 Å². The highest BCUT2D eigenvalue weighted by Crippen LogP contribution is 2.44. The number of H-pyrrole nitrogens is 1. The number of aliphatic hydroxyl groups is 3. The van der Waals surface area contributed by atoms with Crippen LogP contribution in [0.3, 0.4) is 0 Å². The summed E-state index contributed by atoms with van der Waals surface area (Å²) in [6.07, 6.45) is -2.66. The molecule has 0 amide bonds. The molecule has 0 aromatic carbocycles. The Hall–Kier alpha value is -1.55. The zero-order valence-corrected chi connectivity index (χ0v) is 9.91. The second kappa shape index (κ2) is 4.23. The van der Waals surface area contributed by atoms with Crippen LogP contribution in [0.1, 0.15) is 13.2 Å². The lowest BCUT2D eigenvalue weighted by Gasteiger charge is -2.27. The van der Waals surface area contributed by atoms with E-state index >= 15 is 0 Å². The summed E-state index contributed by atoms with van der Waals surface area (Å²) in [5, 5.41) is 28.6. The second-order valence-corrected chi connectivity index (χ2v) is 4.56. The number of alkyl halides is 1. The minimum atomic E-state index is -2.90. The Balaban J connectivity index is 2.51. The second-order valence-electron chi connectivity index (χ2n) is 4.56. The first kappa shape index (κ1) is 13.9. The third kappa shape index (κ3) is 2.00. The van der Waals surface area contributed by atoms with Crippen molar-refractivity contribution in [2.24, 2.45) is 0 Å². The number of hydrogen-bond acceptors (Lipinski definition) is 6. The number of hydrogen-bond donors (Lipinski definition) is 4. The largest absolute Gasteiger partial charge is 0.390 e. The van der Waals surface area contributed by atoms with Gasteiger partial charge in [-0.1, -0.05) is 0 Å². The van der Waals surface area contributed by atoms with E-state index in [1.165, 1.54) is 0 Å². The van der Waals surface area contributed by atoms with Crippen LogP contribution in [0.4, 0.5) is 4.39 Å². The Morgan fingerprint density at radius 1 is 1.58 bits per heavy atom. The SMILES string of the molecule is C[C@@]1(O)C(O)[C@@](F)(CO)O[C@H]1n1ccc(=O)[nH]c1=O. The molecule has 0 radical (unpaired) electrons. The Morgan fingerprint density at radius 2 is 2.21 bits per heavy atom. The number of aromatic amines is 1. The fourth-order valence-electron chi connectivity index (χ4n) is 2.01. The van der Waals surface area contributed by atoms with E-state index in [9.17, 15) is 24.2 Å². The summed E-state index contributed by atoms with van der Waals surface area (Å²) in [5.74, 6) is -2.90. The molecule has 1 fully saturated rings. The van der Waals surface area contributed by atoms with E-state index < -0.39 is 41.6 Å². The lowest BCUT2D eigenvalue weighted by Crippen LogP contribution is -2.49. The Morgan fingerprint density at radius 3 is 2.68 bits per heavy atom. The van der Waals surface area contributed by atoms with Gasteiger partial charge in [0.25, 0.3) is 11.4 Å². The highest BCUT2D eigenvalue weighted by Gasteiger charge is 2.62. The van der Waals surface area contributed by atoms with Gasteiger partial charge in [-0.25, -0.2) is 9.18 Å². The van der Waals surface area contributed by atoms with Crippen molar-refractivity contribution >= 4 is 0 Å². The molecule has 1 aliphatic heterocycles. The molecule has 1 aromatic heterocycles. The number of aromatic nitrogens is 2. The molecule has 9 heteroatoms. The van der Waals surface area contributed by atoms with Gasteiger partial charge in [-0.05, 0) is 6.92 Å². The molecule has 0 bridgehead atoms. The average Bonchev–Trinajstić information content (AvgIpc) is 2.51. The molecule has 1 aliphatic rings. The molecule has 0 spiro atoms. The van der Waals surface area contributed by atoms with Crippen molar-refractivity contribution in [2.75, 3.05) is 6.61 Å². The molecule has 2 rings (SSSR count). The van der Waals surface area contributed by atoms with E-state index in [0.717, 1.165) is 23.8 Å². The molecule has 1 saturated heterocycles. The zero-order chi connectivity index (χ0) is 14.4. The van der Waals surface area contributed by atoms with Crippen molar-refractivity contribution in [3.05, 3.63) is 33.1 Å². The van der Waals surface area contributed by atoms with Gasteiger partial charge in [0.2, 0.25) is 0 Å². The van der Waals surface area contributed by atoms with Crippen LogP contribution in [0.25, 0.3) is 0 Å². The molecule has 1 aromatic rings. The number of nitrogens with one attached hydrogen (secondary N) is 1. The molecular formula is C10H13FN2O6. The summed E-state index contributed by atoms with van der Waals surface area (Å²) in [5.41, 5.74) is -3.78. The topological polar surface area (TPSA) is 125 Å². The van der Waals surface area contributed by atoms with Crippen LogP contribution in [0.15, 0.2) is 21.9 Å². The summed E-state index contributed by atoms with van der Waals surface area (Å²) < 4.78 is 19.5. The molecule has 4 atom stereocenters. The molecule has 8 nitrogen and oxygen atoms in total. The Kier molecular flexibility index (Phi) is 3.09. The number of halogens is 1. The molecule has 106 valence electrons. The van der Waals surface area contributed by atoms with Gasteiger partial charge in [0, 0.05) is 12.3 Å². The predicted molar refractivity (Wildman–Crippen MR) is 59.0 cm³/mol. The van der Waals surface area contributed by atoms with Crippen molar-refractivity contribution in [3.8, 4) is 0 Å². The van der Waals surface area contributed by atoms with Crippen molar-refractivity contribution in [1.29, 1.82) is 0 Å². The molecule has 0 aliphatic carbocycles. The summed E-state index contributed by atoms with van der Waals surface area (Å²) >= 11 is 0. The molecule has 19 heavy (non-hydrogen) atoms. The fraction of sp³-hybridized carbons (Fsp3) is 0.600. The van der Waals surface area contributed by atoms with Crippen LogP contribution in [0.5, 0.6) is 0 Å². The third-order valence-electron chi connectivity index (χ3n) is 3.09. The maximum atomic E-state index is 14.0. The van der Waals surface area contributed by atoms with Gasteiger partial charge in [0.15, 0.2) is 6.23 Å².